The highest BCUT2D eigenvalue weighted by atomic mass is 16.7. The standard InChI is InChI=1S/C18H18N4O4/c1-25-12-5-6-13-14(10-12)20-17(21-8-3-7-19-21)11-16(13)26-22-9-2-4-15(22)18(23)24/h3,5-8,10-11,15H,2,4,9H2,1H3,(H,23,24)/t15-/m1/s1. The minimum atomic E-state index is -0.880. The van der Waals surface area contributed by atoms with E-state index in [2.05, 4.69) is 10.1 Å². The van der Waals surface area contributed by atoms with E-state index in [9.17, 15) is 9.90 Å². The van der Waals surface area contributed by atoms with E-state index < -0.39 is 12.0 Å². The first-order valence-electron chi connectivity index (χ1n) is 8.32. The van der Waals surface area contributed by atoms with Crippen LogP contribution >= 0.6 is 0 Å². The number of carbonyl (C=O) groups is 1. The van der Waals surface area contributed by atoms with Gasteiger partial charge in [0, 0.05) is 36.5 Å². The van der Waals surface area contributed by atoms with E-state index in [0.29, 0.717) is 35.8 Å². The van der Waals surface area contributed by atoms with Gasteiger partial charge in [0.05, 0.1) is 12.6 Å². The molecule has 1 atom stereocenters. The van der Waals surface area contributed by atoms with Gasteiger partial charge < -0.3 is 14.7 Å². The molecule has 2 aromatic heterocycles. The molecule has 0 amide bonds. The van der Waals surface area contributed by atoms with Crippen LogP contribution in [0.4, 0.5) is 0 Å². The molecule has 134 valence electrons. The van der Waals surface area contributed by atoms with Gasteiger partial charge in [-0.2, -0.15) is 5.10 Å². The van der Waals surface area contributed by atoms with Gasteiger partial charge in [-0.25, -0.2) is 9.67 Å². The van der Waals surface area contributed by atoms with Gasteiger partial charge in [0.2, 0.25) is 0 Å². The molecule has 1 fully saturated rings. The summed E-state index contributed by atoms with van der Waals surface area (Å²) in [6.07, 6.45) is 4.80. The molecule has 4 rings (SSSR count). The summed E-state index contributed by atoms with van der Waals surface area (Å²) in [6, 6.07) is 8.41. The Hall–Kier alpha value is -3.13. The van der Waals surface area contributed by atoms with Crippen LogP contribution in [0, 0.1) is 0 Å². The lowest BCUT2D eigenvalue weighted by Crippen LogP contribution is -2.38. The minimum absolute atomic E-state index is 0.538. The molecule has 1 saturated heterocycles. The van der Waals surface area contributed by atoms with Crippen LogP contribution in [-0.4, -0.2) is 50.6 Å². The molecular formula is C18H18N4O4. The maximum absolute atomic E-state index is 11.4. The van der Waals surface area contributed by atoms with Crippen molar-refractivity contribution in [1.82, 2.24) is 19.8 Å². The lowest BCUT2D eigenvalue weighted by atomic mass is 10.2. The number of pyridine rings is 1. The molecule has 8 heteroatoms. The van der Waals surface area contributed by atoms with E-state index in [-0.39, 0.29) is 0 Å². The highest BCUT2D eigenvalue weighted by Gasteiger charge is 2.33. The van der Waals surface area contributed by atoms with Crippen LogP contribution in [0.15, 0.2) is 42.7 Å². The summed E-state index contributed by atoms with van der Waals surface area (Å²) in [4.78, 5) is 22.1. The smallest absolute Gasteiger partial charge is 0.324 e. The Morgan fingerprint density at radius 1 is 1.35 bits per heavy atom. The molecule has 0 bridgehead atoms. The number of hydrogen-bond acceptors (Lipinski definition) is 6. The van der Waals surface area contributed by atoms with Crippen LogP contribution in [-0.2, 0) is 4.79 Å². The summed E-state index contributed by atoms with van der Waals surface area (Å²) < 4.78 is 6.91. The largest absolute Gasteiger partial charge is 0.497 e. The maximum atomic E-state index is 11.4. The van der Waals surface area contributed by atoms with Crippen molar-refractivity contribution in [3.05, 3.63) is 42.7 Å². The fraction of sp³-hybridized carbons (Fsp3) is 0.278. The second-order valence-electron chi connectivity index (χ2n) is 6.04. The molecule has 1 N–H and O–H groups in total. The number of aromatic nitrogens is 3. The van der Waals surface area contributed by atoms with Gasteiger partial charge in [-0.1, -0.05) is 0 Å². The monoisotopic (exact) mass is 354 g/mol. The fourth-order valence-corrected chi connectivity index (χ4v) is 3.11. The van der Waals surface area contributed by atoms with Crippen molar-refractivity contribution in [3.63, 3.8) is 0 Å². The van der Waals surface area contributed by atoms with E-state index in [1.54, 1.807) is 36.3 Å². The lowest BCUT2D eigenvalue weighted by molar-refractivity contribution is -0.154. The van der Waals surface area contributed by atoms with E-state index in [0.717, 1.165) is 11.8 Å². The first-order chi connectivity index (χ1) is 12.7. The number of rotatable bonds is 5. The van der Waals surface area contributed by atoms with E-state index in [4.69, 9.17) is 9.57 Å². The van der Waals surface area contributed by atoms with Gasteiger partial charge in [0.15, 0.2) is 11.6 Å². The molecule has 0 spiro atoms. The van der Waals surface area contributed by atoms with Crippen LogP contribution in [0.2, 0.25) is 0 Å². The zero-order valence-electron chi connectivity index (χ0n) is 14.2. The summed E-state index contributed by atoms with van der Waals surface area (Å²) in [5.41, 5.74) is 0.679. The number of fused-ring (bicyclic) bond motifs is 1. The third-order valence-electron chi connectivity index (χ3n) is 4.41. The summed E-state index contributed by atoms with van der Waals surface area (Å²) in [6.45, 7) is 0.564. The van der Waals surface area contributed by atoms with Crippen molar-refractivity contribution < 1.29 is 19.5 Å². The molecular weight excluding hydrogens is 336 g/mol. The van der Waals surface area contributed by atoms with Crippen LogP contribution in [0.3, 0.4) is 0 Å². The SMILES string of the molecule is COc1ccc2c(ON3CCC[C@@H]3C(=O)O)cc(-n3cccn3)nc2c1. The highest BCUT2D eigenvalue weighted by molar-refractivity contribution is 5.87. The van der Waals surface area contributed by atoms with Crippen LogP contribution in [0.1, 0.15) is 12.8 Å². The third kappa shape index (κ3) is 2.95. The Morgan fingerprint density at radius 3 is 2.96 bits per heavy atom. The molecule has 26 heavy (non-hydrogen) atoms. The van der Waals surface area contributed by atoms with Gasteiger partial charge in [-0.3, -0.25) is 4.79 Å². The Bertz CT molecular complexity index is 942. The first kappa shape index (κ1) is 16.3. The van der Waals surface area contributed by atoms with E-state index in [1.165, 1.54) is 5.06 Å². The van der Waals surface area contributed by atoms with Crippen LogP contribution in [0.5, 0.6) is 11.5 Å². The normalized spacial score (nSPS) is 17.5. The van der Waals surface area contributed by atoms with Crippen molar-refractivity contribution in [2.24, 2.45) is 0 Å². The number of hydroxylamine groups is 2. The average Bonchev–Trinajstić information content (AvgIpc) is 3.32. The first-order valence-corrected chi connectivity index (χ1v) is 8.32. The third-order valence-corrected chi connectivity index (χ3v) is 4.41. The predicted molar refractivity (Wildman–Crippen MR) is 93.4 cm³/mol. The number of benzene rings is 1. The summed E-state index contributed by atoms with van der Waals surface area (Å²) in [7, 11) is 1.59. The molecule has 0 saturated carbocycles. The number of hydrogen-bond donors (Lipinski definition) is 1. The molecule has 0 radical (unpaired) electrons. The lowest BCUT2D eigenvalue weighted by Gasteiger charge is -2.22. The molecule has 8 nitrogen and oxygen atoms in total. The van der Waals surface area contributed by atoms with E-state index >= 15 is 0 Å². The maximum Gasteiger partial charge on any atom is 0.324 e. The van der Waals surface area contributed by atoms with Gasteiger partial charge in [0.1, 0.15) is 11.8 Å². The number of nitrogens with zero attached hydrogens (tertiary/aromatic N) is 4. The van der Waals surface area contributed by atoms with Crippen LogP contribution < -0.4 is 9.57 Å². The molecule has 0 unspecified atom stereocenters. The van der Waals surface area contributed by atoms with Crippen molar-refractivity contribution in [1.29, 1.82) is 0 Å². The molecule has 1 aliphatic heterocycles. The number of carboxylic acid groups (broad SMARTS) is 1. The van der Waals surface area contributed by atoms with Gasteiger partial charge in [-0.15, -0.1) is 5.06 Å². The quantitative estimate of drug-likeness (QED) is 0.752. The fourth-order valence-electron chi connectivity index (χ4n) is 3.11. The van der Waals surface area contributed by atoms with Gasteiger partial charge in [0.25, 0.3) is 0 Å². The topological polar surface area (TPSA) is 89.7 Å². The van der Waals surface area contributed by atoms with E-state index in [1.807, 2.05) is 18.2 Å². The Balaban J connectivity index is 1.80. The predicted octanol–water partition coefficient (Wildman–Crippen LogP) is 2.27. The highest BCUT2D eigenvalue weighted by Crippen LogP contribution is 2.31. The molecule has 0 aliphatic carbocycles. The van der Waals surface area contributed by atoms with Crippen molar-refractivity contribution in [2.45, 2.75) is 18.9 Å². The van der Waals surface area contributed by atoms with Gasteiger partial charge >= 0.3 is 5.97 Å². The average molecular weight is 354 g/mol. The second kappa shape index (κ2) is 6.64. The number of methoxy groups -OCH3 is 1. The van der Waals surface area contributed by atoms with Crippen molar-refractivity contribution in [3.8, 4) is 17.3 Å². The number of aliphatic carboxylic acids is 1. The molecule has 3 heterocycles. The Kier molecular flexibility index (Phi) is 4.18. The number of carboxylic acids is 1. The van der Waals surface area contributed by atoms with Crippen molar-refractivity contribution >= 4 is 16.9 Å². The minimum Gasteiger partial charge on any atom is -0.497 e. The Morgan fingerprint density at radius 2 is 2.23 bits per heavy atom. The molecule has 3 aromatic rings. The van der Waals surface area contributed by atoms with Gasteiger partial charge in [-0.05, 0) is 31.0 Å². The zero-order valence-corrected chi connectivity index (χ0v) is 14.2. The summed E-state index contributed by atoms with van der Waals surface area (Å²) in [5.74, 6) is 0.918. The Labute approximate surface area is 149 Å². The summed E-state index contributed by atoms with van der Waals surface area (Å²) >= 11 is 0. The zero-order chi connectivity index (χ0) is 18.1. The molecule has 1 aromatic carbocycles. The number of ether oxygens (including phenoxy) is 1. The van der Waals surface area contributed by atoms with Crippen molar-refractivity contribution in [2.75, 3.05) is 13.7 Å². The summed E-state index contributed by atoms with van der Waals surface area (Å²) in [5, 5.41) is 15.9. The second-order valence-corrected chi connectivity index (χ2v) is 6.04. The molecule has 1 aliphatic rings. The van der Waals surface area contributed by atoms with Crippen LogP contribution in [0.25, 0.3) is 16.7 Å².